The number of carbonyl (C=O) groups excluding carboxylic acids is 1. The van der Waals surface area contributed by atoms with E-state index in [0.717, 1.165) is 0 Å². The van der Waals surface area contributed by atoms with Gasteiger partial charge in [-0.25, -0.2) is 4.79 Å². The molecular formula is C8H10Cl5O5P. The minimum Gasteiger partial charge on any atom is -0.412 e. The monoisotopic (exact) mass is 392 g/mol. The van der Waals surface area contributed by atoms with Gasteiger partial charge in [-0.15, -0.1) is 0 Å². The van der Waals surface area contributed by atoms with Gasteiger partial charge in [0.2, 0.25) is 5.50 Å². The van der Waals surface area contributed by atoms with Crippen molar-refractivity contribution in [2.45, 2.75) is 17.6 Å². The summed E-state index contributed by atoms with van der Waals surface area (Å²) in [6, 6.07) is 0. The zero-order valence-corrected chi connectivity index (χ0v) is 14.5. The highest BCUT2D eigenvalue weighted by molar-refractivity contribution is 7.58. The molecule has 11 heteroatoms. The molecule has 0 N–H and O–H groups in total. The molecule has 0 aliphatic carbocycles. The van der Waals surface area contributed by atoms with Crippen molar-refractivity contribution in [3.05, 3.63) is 9.99 Å². The lowest BCUT2D eigenvalue weighted by atomic mass is 10.8. The molecule has 0 rings (SSSR count). The zero-order valence-electron chi connectivity index (χ0n) is 9.79. The van der Waals surface area contributed by atoms with E-state index in [2.05, 4.69) is 4.74 Å². The van der Waals surface area contributed by atoms with Crippen LogP contribution in [-0.4, -0.2) is 23.0 Å². The van der Waals surface area contributed by atoms with Crippen molar-refractivity contribution in [2.75, 3.05) is 13.2 Å². The molecule has 0 spiro atoms. The van der Waals surface area contributed by atoms with Crippen LogP contribution >= 0.6 is 65.6 Å². The second-order valence-corrected chi connectivity index (χ2v) is 7.93. The summed E-state index contributed by atoms with van der Waals surface area (Å²) >= 11 is 26.9. The van der Waals surface area contributed by atoms with Gasteiger partial charge in [0.15, 0.2) is 4.49 Å². The summed E-state index contributed by atoms with van der Waals surface area (Å²) in [7, 11) is -4.01. The highest BCUT2D eigenvalue weighted by Crippen LogP contribution is 2.59. The van der Waals surface area contributed by atoms with Gasteiger partial charge in [0, 0.05) is 0 Å². The van der Waals surface area contributed by atoms with Gasteiger partial charge in [0.05, 0.1) is 13.2 Å². The highest BCUT2D eigenvalue weighted by Gasteiger charge is 2.41. The van der Waals surface area contributed by atoms with Crippen LogP contribution in [0.4, 0.5) is 0 Å². The van der Waals surface area contributed by atoms with E-state index in [-0.39, 0.29) is 13.2 Å². The third-order valence-corrected chi connectivity index (χ3v) is 4.51. The molecule has 0 aromatic rings. The van der Waals surface area contributed by atoms with E-state index in [4.69, 9.17) is 67.1 Å². The van der Waals surface area contributed by atoms with E-state index in [9.17, 15) is 9.36 Å². The van der Waals surface area contributed by atoms with Gasteiger partial charge >= 0.3 is 13.6 Å². The number of halogens is 5. The molecule has 0 unspecified atom stereocenters. The standard InChI is InChI=1S/C8H10Cl5O5P/c1-3-16-19(15,17-4-2)6(5(9)10)18-7(14)8(11,12)13/h3-4H2,1-2H3. The SMILES string of the molecule is CCOP(=O)(OCC)C(OC(=O)C(Cl)(Cl)Cl)=C(Cl)Cl. The molecule has 19 heavy (non-hydrogen) atoms. The number of hydrogen-bond donors (Lipinski definition) is 0. The molecule has 0 atom stereocenters. The molecule has 0 heterocycles. The quantitative estimate of drug-likeness (QED) is 0.281. The van der Waals surface area contributed by atoms with Crippen LogP contribution in [0, 0.1) is 0 Å². The Kier molecular flexibility index (Phi) is 8.65. The normalized spacial score (nSPS) is 12.2. The Hall–Kier alpha value is 0.810. The van der Waals surface area contributed by atoms with E-state index in [0.29, 0.717) is 0 Å². The van der Waals surface area contributed by atoms with Crippen molar-refractivity contribution >= 4 is 71.6 Å². The number of rotatable bonds is 6. The minimum absolute atomic E-state index is 0.00679. The zero-order chi connectivity index (χ0) is 15.3. The lowest BCUT2D eigenvalue weighted by Gasteiger charge is -2.20. The molecule has 0 aromatic carbocycles. The molecule has 0 amide bonds. The first-order valence-electron chi connectivity index (χ1n) is 4.82. The van der Waals surface area contributed by atoms with Crippen LogP contribution in [0.3, 0.4) is 0 Å². The van der Waals surface area contributed by atoms with Crippen LogP contribution in [0.15, 0.2) is 9.99 Å². The number of hydrogen-bond acceptors (Lipinski definition) is 5. The number of ether oxygens (including phenoxy) is 1. The average molecular weight is 394 g/mol. The summed E-state index contributed by atoms with van der Waals surface area (Å²) in [4.78, 5) is 11.4. The smallest absolute Gasteiger partial charge is 0.398 e. The summed E-state index contributed by atoms with van der Waals surface area (Å²) in [5.41, 5.74) is -0.726. The van der Waals surface area contributed by atoms with Crippen molar-refractivity contribution in [2.24, 2.45) is 0 Å². The first kappa shape index (κ1) is 19.8. The van der Waals surface area contributed by atoms with E-state index < -0.39 is 27.3 Å². The van der Waals surface area contributed by atoms with Crippen LogP contribution < -0.4 is 0 Å². The van der Waals surface area contributed by atoms with Gasteiger partial charge in [0.25, 0.3) is 3.79 Å². The topological polar surface area (TPSA) is 61.8 Å². The van der Waals surface area contributed by atoms with Gasteiger partial charge in [-0.3, -0.25) is 4.57 Å². The van der Waals surface area contributed by atoms with Gasteiger partial charge in [-0.05, 0) is 13.8 Å². The molecule has 112 valence electrons. The van der Waals surface area contributed by atoms with Gasteiger partial charge in [0.1, 0.15) is 0 Å². The molecule has 0 bridgehead atoms. The molecule has 5 nitrogen and oxygen atoms in total. The fourth-order valence-corrected chi connectivity index (χ4v) is 3.04. The minimum atomic E-state index is -4.01. The van der Waals surface area contributed by atoms with Gasteiger partial charge < -0.3 is 13.8 Å². The first-order valence-corrected chi connectivity index (χ1v) is 8.25. The Morgan fingerprint density at radius 1 is 1.11 bits per heavy atom. The van der Waals surface area contributed by atoms with Crippen LogP contribution in [-0.2, 0) is 23.1 Å². The Balaban J connectivity index is 5.39. The largest absolute Gasteiger partial charge is 0.412 e. The van der Waals surface area contributed by atoms with E-state index in [1.165, 1.54) is 0 Å². The Bertz CT molecular complexity index is 391. The third-order valence-electron chi connectivity index (χ3n) is 1.43. The number of carbonyl (C=O) groups is 1. The van der Waals surface area contributed by atoms with Crippen molar-refractivity contribution in [3.63, 3.8) is 0 Å². The second kappa shape index (κ2) is 8.30. The Morgan fingerprint density at radius 3 is 1.79 bits per heavy atom. The number of alkyl halides is 3. The maximum atomic E-state index is 12.3. The second-order valence-electron chi connectivity index (χ2n) is 2.79. The first-order chi connectivity index (χ1) is 8.58. The predicted octanol–water partition coefficient (Wildman–Crippen LogP) is 4.77. The molecule has 0 fully saturated rings. The Labute approximate surface area is 135 Å². The molecule has 0 aliphatic heterocycles. The van der Waals surface area contributed by atoms with Crippen molar-refractivity contribution in [1.29, 1.82) is 0 Å². The number of esters is 1. The molecule has 0 aromatic heterocycles. The third kappa shape index (κ3) is 6.40. The maximum Gasteiger partial charge on any atom is 0.398 e. The fourth-order valence-electron chi connectivity index (χ4n) is 0.838. The van der Waals surface area contributed by atoms with Crippen LogP contribution in [0.2, 0.25) is 0 Å². The summed E-state index contributed by atoms with van der Waals surface area (Å²) < 4.78 is 23.7. The van der Waals surface area contributed by atoms with Crippen molar-refractivity contribution < 1.29 is 23.1 Å². The molecule has 0 aliphatic rings. The summed E-state index contributed by atoms with van der Waals surface area (Å²) in [6.45, 7) is 3.07. The summed E-state index contributed by atoms with van der Waals surface area (Å²) in [5.74, 6) is -1.34. The van der Waals surface area contributed by atoms with Crippen LogP contribution in [0.5, 0.6) is 0 Å². The average Bonchev–Trinajstić information content (AvgIpc) is 2.24. The maximum absolute atomic E-state index is 12.3. The van der Waals surface area contributed by atoms with Crippen LogP contribution in [0.1, 0.15) is 13.8 Å². The lowest BCUT2D eigenvalue weighted by Crippen LogP contribution is -2.22. The Morgan fingerprint density at radius 2 is 1.53 bits per heavy atom. The van der Waals surface area contributed by atoms with Gasteiger partial charge in [-0.1, -0.05) is 58.0 Å². The van der Waals surface area contributed by atoms with E-state index in [1.54, 1.807) is 13.8 Å². The van der Waals surface area contributed by atoms with Gasteiger partial charge in [-0.2, -0.15) is 0 Å². The van der Waals surface area contributed by atoms with Crippen molar-refractivity contribution in [3.8, 4) is 0 Å². The van der Waals surface area contributed by atoms with E-state index in [1.807, 2.05) is 0 Å². The molecule has 0 saturated heterocycles. The molecular weight excluding hydrogens is 384 g/mol. The summed E-state index contributed by atoms with van der Waals surface area (Å²) in [6.07, 6.45) is 0. The van der Waals surface area contributed by atoms with Crippen LogP contribution in [0.25, 0.3) is 0 Å². The predicted molar refractivity (Wildman–Crippen MR) is 76.0 cm³/mol. The van der Waals surface area contributed by atoms with Crippen molar-refractivity contribution in [1.82, 2.24) is 0 Å². The highest BCUT2D eigenvalue weighted by atomic mass is 35.6. The fraction of sp³-hybridized carbons (Fsp3) is 0.625. The lowest BCUT2D eigenvalue weighted by molar-refractivity contribution is -0.137. The molecule has 0 saturated carbocycles. The van der Waals surface area contributed by atoms with E-state index >= 15 is 0 Å². The molecule has 0 radical (unpaired) electrons. The summed E-state index contributed by atoms with van der Waals surface area (Å²) in [5, 5.41) is 0.